The quantitative estimate of drug-likeness (QED) is 0.888. The van der Waals surface area contributed by atoms with Crippen LogP contribution in [0.5, 0.6) is 0 Å². The Morgan fingerprint density at radius 1 is 1.26 bits per heavy atom. The lowest BCUT2D eigenvalue weighted by molar-refractivity contribution is 0.181. The maximum atomic E-state index is 5.76. The molecule has 0 spiro atoms. The van der Waals surface area contributed by atoms with Crippen LogP contribution in [0.1, 0.15) is 24.1 Å². The Balaban J connectivity index is 1.77. The summed E-state index contributed by atoms with van der Waals surface area (Å²) in [5.74, 6) is 0.736. The molecule has 1 aromatic heterocycles. The molecule has 3 N–H and O–H groups in total. The summed E-state index contributed by atoms with van der Waals surface area (Å²) in [6.45, 7) is 6.46. The molecule has 0 atom stereocenters. The first kappa shape index (κ1) is 12.7. The first-order valence-corrected chi connectivity index (χ1v) is 7.26. The second-order valence-corrected chi connectivity index (χ2v) is 5.73. The van der Waals surface area contributed by atoms with Crippen LogP contribution in [0.2, 0.25) is 0 Å². The lowest BCUT2D eigenvalue weighted by atomic mass is 9.96. The van der Waals surface area contributed by atoms with E-state index in [0.29, 0.717) is 0 Å². The number of hydrogen-bond donors (Lipinski definition) is 2. The number of H-pyrrole nitrogens is 1. The van der Waals surface area contributed by atoms with E-state index in [-0.39, 0.29) is 0 Å². The van der Waals surface area contributed by atoms with E-state index >= 15 is 0 Å². The van der Waals surface area contributed by atoms with Crippen LogP contribution in [0.3, 0.4) is 0 Å². The van der Waals surface area contributed by atoms with E-state index < -0.39 is 0 Å². The molecular weight excluding hydrogens is 234 g/mol. The maximum Gasteiger partial charge on any atom is 0.0459 e. The van der Waals surface area contributed by atoms with Crippen LogP contribution in [0, 0.1) is 12.8 Å². The summed E-state index contributed by atoms with van der Waals surface area (Å²) in [7, 11) is 0. The zero-order valence-corrected chi connectivity index (χ0v) is 11.7. The van der Waals surface area contributed by atoms with Gasteiger partial charge in [-0.15, -0.1) is 0 Å². The van der Waals surface area contributed by atoms with Gasteiger partial charge in [0.1, 0.15) is 0 Å². The Kier molecular flexibility index (Phi) is 3.58. The third-order valence-electron chi connectivity index (χ3n) is 4.45. The van der Waals surface area contributed by atoms with Gasteiger partial charge in [0, 0.05) is 23.1 Å². The fourth-order valence-corrected chi connectivity index (χ4v) is 3.14. The van der Waals surface area contributed by atoms with Crippen molar-refractivity contribution in [2.24, 2.45) is 11.7 Å². The van der Waals surface area contributed by atoms with Crippen LogP contribution in [0.15, 0.2) is 24.3 Å². The van der Waals surface area contributed by atoms with Crippen LogP contribution >= 0.6 is 0 Å². The van der Waals surface area contributed by atoms with Crippen molar-refractivity contribution in [3.05, 3.63) is 35.5 Å². The summed E-state index contributed by atoms with van der Waals surface area (Å²) >= 11 is 0. The van der Waals surface area contributed by atoms with E-state index in [0.717, 1.165) is 19.0 Å². The molecule has 3 nitrogen and oxygen atoms in total. The molecule has 0 bridgehead atoms. The topological polar surface area (TPSA) is 45.0 Å². The molecule has 1 aromatic carbocycles. The summed E-state index contributed by atoms with van der Waals surface area (Å²) in [5.41, 5.74) is 9.78. The Hall–Kier alpha value is -1.32. The van der Waals surface area contributed by atoms with Crippen molar-refractivity contribution >= 4 is 10.9 Å². The number of benzene rings is 1. The van der Waals surface area contributed by atoms with Gasteiger partial charge < -0.3 is 10.7 Å². The highest BCUT2D eigenvalue weighted by molar-refractivity contribution is 5.84. The summed E-state index contributed by atoms with van der Waals surface area (Å²) in [4.78, 5) is 6.05. The lowest BCUT2D eigenvalue weighted by Gasteiger charge is -2.31. The minimum Gasteiger partial charge on any atom is -0.358 e. The van der Waals surface area contributed by atoms with Crippen LogP contribution in [-0.2, 0) is 6.54 Å². The number of nitrogens with two attached hydrogens (primary N) is 1. The van der Waals surface area contributed by atoms with Gasteiger partial charge in [0.05, 0.1) is 0 Å². The molecule has 0 aliphatic carbocycles. The standard InChI is InChI=1S/C16H23N3/c1-12-15(14-4-2-3-5-16(14)18-12)11-19-8-6-13(10-17)7-9-19/h2-5,13,18H,6-11,17H2,1H3. The number of aryl methyl sites for hydroxylation is 1. The van der Waals surface area contributed by atoms with Crippen molar-refractivity contribution in [1.29, 1.82) is 0 Å². The Labute approximate surface area is 114 Å². The third kappa shape index (κ3) is 2.53. The summed E-state index contributed by atoms with van der Waals surface area (Å²) in [6, 6.07) is 8.60. The predicted octanol–water partition coefficient (Wildman–Crippen LogP) is 2.65. The first-order chi connectivity index (χ1) is 9.28. The number of aromatic amines is 1. The monoisotopic (exact) mass is 257 g/mol. The number of para-hydroxylation sites is 1. The average Bonchev–Trinajstić information content (AvgIpc) is 2.76. The van der Waals surface area contributed by atoms with E-state index in [1.807, 2.05) is 0 Å². The molecule has 0 radical (unpaired) electrons. The molecular formula is C16H23N3. The van der Waals surface area contributed by atoms with Crippen molar-refractivity contribution in [2.45, 2.75) is 26.3 Å². The molecule has 2 heterocycles. The molecule has 1 saturated heterocycles. The summed E-state index contributed by atoms with van der Waals surface area (Å²) < 4.78 is 0. The van der Waals surface area contributed by atoms with Gasteiger partial charge in [0.15, 0.2) is 0 Å². The SMILES string of the molecule is Cc1[nH]c2ccccc2c1CN1CCC(CN)CC1. The minimum atomic E-state index is 0.736. The average molecular weight is 257 g/mol. The van der Waals surface area contributed by atoms with Gasteiger partial charge in [0.2, 0.25) is 0 Å². The molecule has 3 heteroatoms. The van der Waals surface area contributed by atoms with Gasteiger partial charge in [0.25, 0.3) is 0 Å². The molecule has 0 saturated carbocycles. The highest BCUT2D eigenvalue weighted by atomic mass is 15.1. The van der Waals surface area contributed by atoms with Crippen molar-refractivity contribution in [3.8, 4) is 0 Å². The van der Waals surface area contributed by atoms with Crippen molar-refractivity contribution < 1.29 is 0 Å². The van der Waals surface area contributed by atoms with Crippen LogP contribution < -0.4 is 5.73 Å². The number of nitrogens with zero attached hydrogens (tertiary/aromatic N) is 1. The Morgan fingerprint density at radius 3 is 2.74 bits per heavy atom. The fraction of sp³-hybridized carbons (Fsp3) is 0.500. The summed E-state index contributed by atoms with van der Waals surface area (Å²) in [6.07, 6.45) is 2.50. The largest absolute Gasteiger partial charge is 0.358 e. The van der Waals surface area contributed by atoms with Gasteiger partial charge >= 0.3 is 0 Å². The molecule has 0 unspecified atom stereocenters. The van der Waals surface area contributed by atoms with Crippen LogP contribution in [0.4, 0.5) is 0 Å². The van der Waals surface area contributed by atoms with E-state index in [1.165, 1.54) is 48.1 Å². The van der Waals surface area contributed by atoms with E-state index in [9.17, 15) is 0 Å². The normalized spacial score (nSPS) is 18.2. The Morgan fingerprint density at radius 2 is 2.00 bits per heavy atom. The fourth-order valence-electron chi connectivity index (χ4n) is 3.14. The molecule has 1 aliphatic rings. The van der Waals surface area contributed by atoms with Gasteiger partial charge in [-0.1, -0.05) is 18.2 Å². The van der Waals surface area contributed by atoms with Gasteiger partial charge in [-0.3, -0.25) is 4.90 Å². The number of piperidine rings is 1. The number of likely N-dealkylation sites (tertiary alicyclic amines) is 1. The van der Waals surface area contributed by atoms with Crippen molar-refractivity contribution in [2.75, 3.05) is 19.6 Å². The van der Waals surface area contributed by atoms with Crippen LogP contribution in [-0.4, -0.2) is 29.5 Å². The number of nitrogens with one attached hydrogen (secondary N) is 1. The van der Waals surface area contributed by atoms with Gasteiger partial charge in [-0.05, 0) is 56.9 Å². The molecule has 1 fully saturated rings. The second kappa shape index (κ2) is 5.35. The zero-order valence-electron chi connectivity index (χ0n) is 11.7. The molecule has 19 heavy (non-hydrogen) atoms. The number of rotatable bonds is 3. The smallest absolute Gasteiger partial charge is 0.0459 e. The third-order valence-corrected chi connectivity index (χ3v) is 4.45. The first-order valence-electron chi connectivity index (χ1n) is 7.26. The van der Waals surface area contributed by atoms with E-state index in [4.69, 9.17) is 5.73 Å². The van der Waals surface area contributed by atoms with Crippen LogP contribution in [0.25, 0.3) is 10.9 Å². The zero-order chi connectivity index (χ0) is 13.2. The number of aromatic nitrogens is 1. The Bertz CT molecular complexity index is 550. The predicted molar refractivity (Wildman–Crippen MR) is 80.1 cm³/mol. The molecule has 0 amide bonds. The molecule has 3 rings (SSSR count). The van der Waals surface area contributed by atoms with Crippen molar-refractivity contribution in [3.63, 3.8) is 0 Å². The van der Waals surface area contributed by atoms with Crippen molar-refractivity contribution in [1.82, 2.24) is 9.88 Å². The number of hydrogen-bond acceptors (Lipinski definition) is 2. The number of fused-ring (bicyclic) bond motifs is 1. The minimum absolute atomic E-state index is 0.736. The second-order valence-electron chi connectivity index (χ2n) is 5.73. The molecule has 1 aliphatic heterocycles. The highest BCUT2D eigenvalue weighted by Crippen LogP contribution is 2.25. The molecule has 102 valence electrons. The highest BCUT2D eigenvalue weighted by Gasteiger charge is 2.19. The molecule has 2 aromatic rings. The lowest BCUT2D eigenvalue weighted by Crippen LogP contribution is -2.35. The van der Waals surface area contributed by atoms with Gasteiger partial charge in [-0.25, -0.2) is 0 Å². The summed E-state index contributed by atoms with van der Waals surface area (Å²) in [5, 5.41) is 1.38. The van der Waals surface area contributed by atoms with E-state index in [2.05, 4.69) is 41.1 Å². The maximum absolute atomic E-state index is 5.76. The van der Waals surface area contributed by atoms with E-state index in [1.54, 1.807) is 0 Å². The van der Waals surface area contributed by atoms with Gasteiger partial charge in [-0.2, -0.15) is 0 Å².